The summed E-state index contributed by atoms with van der Waals surface area (Å²) < 4.78 is 11.6. The van der Waals surface area contributed by atoms with Crippen molar-refractivity contribution in [3.8, 4) is 0 Å². The predicted molar refractivity (Wildman–Crippen MR) is 77.7 cm³/mol. The van der Waals surface area contributed by atoms with Gasteiger partial charge in [-0.2, -0.15) is 0 Å². The second-order valence-electron chi connectivity index (χ2n) is 4.75. The number of hydrogen-bond donors (Lipinski definition) is 0. The van der Waals surface area contributed by atoms with Gasteiger partial charge >= 0.3 is 5.97 Å². The van der Waals surface area contributed by atoms with Crippen molar-refractivity contribution < 1.29 is 19.1 Å². The Kier molecular flexibility index (Phi) is 5.13. The molecular formula is C13H16Cl2N2O4. The third kappa shape index (κ3) is 3.51. The van der Waals surface area contributed by atoms with Crippen LogP contribution >= 0.6 is 23.2 Å². The fourth-order valence-electron chi connectivity index (χ4n) is 2.21. The lowest BCUT2D eigenvalue weighted by molar-refractivity contribution is -0.145. The first kappa shape index (κ1) is 16.1. The van der Waals surface area contributed by atoms with E-state index in [9.17, 15) is 9.59 Å². The van der Waals surface area contributed by atoms with Crippen molar-refractivity contribution in [3.63, 3.8) is 0 Å². The molecule has 2 heterocycles. The Morgan fingerprint density at radius 3 is 2.76 bits per heavy atom. The topological polar surface area (TPSA) is 60.8 Å². The highest BCUT2D eigenvalue weighted by Crippen LogP contribution is 2.26. The summed E-state index contributed by atoms with van der Waals surface area (Å²) in [7, 11) is 3.00. The Morgan fingerprint density at radius 1 is 1.48 bits per heavy atom. The van der Waals surface area contributed by atoms with Crippen LogP contribution in [-0.4, -0.2) is 54.3 Å². The first-order chi connectivity index (χ1) is 9.93. The number of methoxy groups -OCH3 is 1. The van der Waals surface area contributed by atoms with Crippen molar-refractivity contribution >= 4 is 35.1 Å². The van der Waals surface area contributed by atoms with Crippen molar-refractivity contribution in [1.82, 2.24) is 9.47 Å². The minimum atomic E-state index is -0.362. The summed E-state index contributed by atoms with van der Waals surface area (Å²) in [6.45, 7) is 1.16. The number of carbonyl (C=O) groups is 2. The summed E-state index contributed by atoms with van der Waals surface area (Å²) >= 11 is 11.9. The van der Waals surface area contributed by atoms with E-state index in [2.05, 4.69) is 4.74 Å². The lowest BCUT2D eigenvalue weighted by Crippen LogP contribution is -2.46. The van der Waals surface area contributed by atoms with E-state index in [1.807, 2.05) is 0 Å². The lowest BCUT2D eigenvalue weighted by atomic mass is 10.2. The van der Waals surface area contributed by atoms with Crippen molar-refractivity contribution in [3.05, 3.63) is 21.9 Å². The van der Waals surface area contributed by atoms with E-state index in [-0.39, 0.29) is 24.4 Å². The molecule has 8 heteroatoms. The van der Waals surface area contributed by atoms with Gasteiger partial charge in [0.2, 0.25) is 0 Å². The average Bonchev–Trinajstić information content (AvgIpc) is 2.74. The number of ether oxygens (including phenoxy) is 2. The third-order valence-electron chi connectivity index (χ3n) is 3.38. The maximum atomic E-state index is 12.5. The number of esters is 1. The Bertz CT molecular complexity index is 559. The summed E-state index contributed by atoms with van der Waals surface area (Å²) in [4.78, 5) is 25.4. The molecule has 1 saturated heterocycles. The summed E-state index contributed by atoms with van der Waals surface area (Å²) in [6, 6.07) is 1.54. The average molecular weight is 335 g/mol. The van der Waals surface area contributed by atoms with Gasteiger partial charge in [0.1, 0.15) is 10.8 Å². The van der Waals surface area contributed by atoms with E-state index in [0.29, 0.717) is 35.6 Å². The minimum Gasteiger partial charge on any atom is -0.469 e. The molecule has 0 saturated carbocycles. The predicted octanol–water partition coefficient (Wildman–Crippen LogP) is 1.74. The fourth-order valence-corrected chi connectivity index (χ4v) is 2.58. The van der Waals surface area contributed by atoms with E-state index in [1.54, 1.807) is 11.9 Å². The Morgan fingerprint density at radius 2 is 2.19 bits per heavy atom. The molecule has 0 aromatic carbocycles. The first-order valence-electron chi connectivity index (χ1n) is 6.42. The molecule has 1 fully saturated rings. The zero-order valence-electron chi connectivity index (χ0n) is 11.8. The second kappa shape index (κ2) is 6.68. The van der Waals surface area contributed by atoms with Gasteiger partial charge in [-0.1, -0.05) is 23.2 Å². The van der Waals surface area contributed by atoms with Gasteiger partial charge in [0, 0.05) is 20.1 Å². The highest BCUT2D eigenvalue weighted by molar-refractivity contribution is 6.41. The van der Waals surface area contributed by atoms with Crippen LogP contribution in [0.4, 0.5) is 0 Å². The molecule has 116 valence electrons. The van der Waals surface area contributed by atoms with Crippen molar-refractivity contribution in [2.24, 2.45) is 7.05 Å². The molecular weight excluding hydrogens is 319 g/mol. The van der Waals surface area contributed by atoms with Crippen LogP contribution in [-0.2, 0) is 21.3 Å². The van der Waals surface area contributed by atoms with Gasteiger partial charge in [-0.25, -0.2) is 0 Å². The number of amides is 1. The standard InChI is InChI=1S/C13H16Cl2N2O4/c1-16-10(6-9(14)12(16)15)13(19)17-3-4-21-8(7-17)5-11(18)20-2/h6,8H,3-5,7H2,1-2H3. The molecule has 0 spiro atoms. The van der Waals surface area contributed by atoms with Crippen LogP contribution < -0.4 is 0 Å². The van der Waals surface area contributed by atoms with Gasteiger partial charge < -0.3 is 18.9 Å². The van der Waals surface area contributed by atoms with Gasteiger partial charge in [-0.05, 0) is 6.07 Å². The second-order valence-corrected chi connectivity index (χ2v) is 5.52. The number of halogens is 2. The Labute approximate surface area is 132 Å². The van der Waals surface area contributed by atoms with Gasteiger partial charge in [0.05, 0.1) is 31.3 Å². The fraction of sp³-hybridized carbons (Fsp3) is 0.538. The number of aromatic nitrogens is 1. The number of nitrogens with zero attached hydrogens (tertiary/aromatic N) is 2. The highest BCUT2D eigenvalue weighted by Gasteiger charge is 2.28. The first-order valence-corrected chi connectivity index (χ1v) is 7.18. The Hall–Kier alpha value is -1.24. The minimum absolute atomic E-state index is 0.120. The highest BCUT2D eigenvalue weighted by atomic mass is 35.5. The molecule has 1 aliphatic heterocycles. The van der Waals surface area contributed by atoms with Crippen LogP contribution in [0.15, 0.2) is 6.07 Å². The molecule has 0 aliphatic carbocycles. The summed E-state index contributed by atoms with van der Waals surface area (Å²) in [5, 5.41) is 0.654. The molecule has 1 aromatic rings. The molecule has 2 rings (SSSR count). The van der Waals surface area contributed by atoms with Crippen LogP contribution in [0.25, 0.3) is 0 Å². The monoisotopic (exact) mass is 334 g/mol. The zero-order chi connectivity index (χ0) is 15.6. The summed E-state index contributed by atoms with van der Waals surface area (Å²) in [5.74, 6) is -0.552. The van der Waals surface area contributed by atoms with Gasteiger partial charge in [-0.3, -0.25) is 9.59 Å². The molecule has 0 bridgehead atoms. The maximum absolute atomic E-state index is 12.5. The lowest BCUT2D eigenvalue weighted by Gasteiger charge is -2.32. The van der Waals surface area contributed by atoms with Crippen LogP contribution in [0.2, 0.25) is 10.2 Å². The zero-order valence-corrected chi connectivity index (χ0v) is 13.3. The van der Waals surface area contributed by atoms with Crippen LogP contribution in [0.3, 0.4) is 0 Å². The molecule has 1 unspecified atom stereocenters. The Balaban J connectivity index is 2.08. The van der Waals surface area contributed by atoms with E-state index in [1.165, 1.54) is 17.7 Å². The molecule has 0 N–H and O–H groups in total. The maximum Gasteiger partial charge on any atom is 0.308 e. The number of rotatable bonds is 3. The van der Waals surface area contributed by atoms with Crippen molar-refractivity contribution in [2.75, 3.05) is 26.8 Å². The van der Waals surface area contributed by atoms with Gasteiger partial charge in [0.15, 0.2) is 0 Å². The molecule has 1 atom stereocenters. The van der Waals surface area contributed by atoms with Gasteiger partial charge in [0.25, 0.3) is 5.91 Å². The molecule has 1 amide bonds. The van der Waals surface area contributed by atoms with E-state index in [0.717, 1.165) is 0 Å². The molecule has 0 radical (unpaired) electrons. The van der Waals surface area contributed by atoms with Gasteiger partial charge in [-0.15, -0.1) is 0 Å². The summed E-state index contributed by atoms with van der Waals surface area (Å²) in [5.41, 5.74) is 0.406. The van der Waals surface area contributed by atoms with Crippen molar-refractivity contribution in [1.29, 1.82) is 0 Å². The quantitative estimate of drug-likeness (QED) is 0.790. The van der Waals surface area contributed by atoms with E-state index in [4.69, 9.17) is 27.9 Å². The van der Waals surface area contributed by atoms with Crippen LogP contribution in [0.1, 0.15) is 16.9 Å². The largest absolute Gasteiger partial charge is 0.469 e. The molecule has 6 nitrogen and oxygen atoms in total. The van der Waals surface area contributed by atoms with Crippen LogP contribution in [0.5, 0.6) is 0 Å². The number of morpholine rings is 1. The van der Waals surface area contributed by atoms with Crippen LogP contribution in [0, 0.1) is 0 Å². The number of hydrogen-bond acceptors (Lipinski definition) is 4. The molecule has 21 heavy (non-hydrogen) atoms. The van der Waals surface area contributed by atoms with E-state index < -0.39 is 0 Å². The van der Waals surface area contributed by atoms with E-state index >= 15 is 0 Å². The van der Waals surface area contributed by atoms with Crippen molar-refractivity contribution in [2.45, 2.75) is 12.5 Å². The third-order valence-corrected chi connectivity index (χ3v) is 4.23. The SMILES string of the molecule is COC(=O)CC1CN(C(=O)c2cc(Cl)c(Cl)n2C)CCO1. The molecule has 1 aliphatic rings. The summed E-state index contributed by atoms with van der Waals surface area (Å²) in [6.07, 6.45) is -0.240. The normalized spacial score (nSPS) is 18.7. The molecule has 1 aromatic heterocycles. The smallest absolute Gasteiger partial charge is 0.308 e. The number of carbonyl (C=O) groups excluding carboxylic acids is 2.